The number of amides is 2. The van der Waals surface area contributed by atoms with Crippen LogP contribution < -0.4 is 10.9 Å². The first-order chi connectivity index (χ1) is 17.3. The van der Waals surface area contributed by atoms with Crippen molar-refractivity contribution in [3.8, 4) is 0 Å². The van der Waals surface area contributed by atoms with Crippen LogP contribution in [0.4, 0.5) is 23.7 Å². The molecular weight excluding hydrogens is 475 g/mol. The van der Waals surface area contributed by atoms with E-state index < -0.39 is 23.3 Å². The second-order valence-electron chi connectivity index (χ2n) is 8.59. The summed E-state index contributed by atoms with van der Waals surface area (Å²) >= 11 is 0. The number of piperidine rings is 1. The molecule has 9 nitrogen and oxygen atoms in total. The largest absolute Gasteiger partial charge is 0.418 e. The van der Waals surface area contributed by atoms with Crippen molar-refractivity contribution in [1.82, 2.24) is 29.9 Å². The second-order valence-corrected chi connectivity index (χ2v) is 8.59. The van der Waals surface area contributed by atoms with E-state index in [0.29, 0.717) is 43.9 Å². The van der Waals surface area contributed by atoms with Gasteiger partial charge in [0.25, 0.3) is 5.56 Å². The molecule has 0 spiro atoms. The molecule has 2 aromatic carbocycles. The molecule has 186 valence electrons. The number of para-hydroxylation sites is 1. The molecule has 1 aliphatic heterocycles. The molecule has 12 heteroatoms. The molecule has 5 rings (SSSR count). The Bertz CT molecular complexity index is 1440. The number of benzene rings is 2. The number of anilines is 1. The van der Waals surface area contributed by atoms with Crippen molar-refractivity contribution in [2.45, 2.75) is 31.5 Å². The molecule has 4 aromatic rings. The van der Waals surface area contributed by atoms with Gasteiger partial charge in [0, 0.05) is 19.0 Å². The smallest absolute Gasteiger partial charge is 0.324 e. The van der Waals surface area contributed by atoms with Gasteiger partial charge in [0.15, 0.2) is 11.2 Å². The Morgan fingerprint density at radius 3 is 2.47 bits per heavy atom. The number of H-pyrrole nitrogens is 1. The number of urea groups is 1. The zero-order valence-electron chi connectivity index (χ0n) is 19.0. The molecule has 3 heterocycles. The van der Waals surface area contributed by atoms with E-state index in [1.54, 1.807) is 4.68 Å². The second kappa shape index (κ2) is 9.44. The number of rotatable bonds is 4. The Balaban J connectivity index is 1.29. The summed E-state index contributed by atoms with van der Waals surface area (Å²) in [5.74, 6) is 0.347. The van der Waals surface area contributed by atoms with Gasteiger partial charge in [0.2, 0.25) is 0 Å². The lowest BCUT2D eigenvalue weighted by Crippen LogP contribution is -2.41. The molecule has 0 saturated carbocycles. The highest BCUT2D eigenvalue weighted by Gasteiger charge is 2.34. The number of likely N-dealkylation sites (tertiary alicyclic amines) is 1. The van der Waals surface area contributed by atoms with E-state index in [-0.39, 0.29) is 17.1 Å². The minimum Gasteiger partial charge on any atom is -0.324 e. The van der Waals surface area contributed by atoms with E-state index in [9.17, 15) is 22.8 Å². The van der Waals surface area contributed by atoms with Gasteiger partial charge in [-0.15, -0.1) is 5.10 Å². The Morgan fingerprint density at radius 1 is 1.06 bits per heavy atom. The van der Waals surface area contributed by atoms with E-state index in [1.807, 2.05) is 30.3 Å². The fourth-order valence-corrected chi connectivity index (χ4v) is 4.33. The monoisotopic (exact) mass is 497 g/mol. The van der Waals surface area contributed by atoms with Crippen molar-refractivity contribution in [1.29, 1.82) is 0 Å². The third kappa shape index (κ3) is 4.79. The Morgan fingerprint density at radius 2 is 1.75 bits per heavy atom. The first-order valence-corrected chi connectivity index (χ1v) is 11.4. The van der Waals surface area contributed by atoms with Gasteiger partial charge in [0.1, 0.15) is 5.82 Å². The molecule has 0 aliphatic carbocycles. The van der Waals surface area contributed by atoms with Crippen molar-refractivity contribution in [3.63, 3.8) is 0 Å². The lowest BCUT2D eigenvalue weighted by molar-refractivity contribution is -0.136. The zero-order chi connectivity index (χ0) is 25.3. The van der Waals surface area contributed by atoms with E-state index in [4.69, 9.17) is 0 Å². The number of aromatic nitrogens is 5. The van der Waals surface area contributed by atoms with Crippen LogP contribution in [0.1, 0.15) is 35.7 Å². The molecule has 2 amide bonds. The molecule has 0 atom stereocenters. The van der Waals surface area contributed by atoms with Crippen LogP contribution in [-0.2, 0) is 12.7 Å². The topological polar surface area (TPSA) is 109 Å². The molecule has 0 bridgehead atoms. The summed E-state index contributed by atoms with van der Waals surface area (Å²) in [6, 6.07) is 13.9. The van der Waals surface area contributed by atoms with E-state index in [0.717, 1.165) is 11.6 Å². The highest BCUT2D eigenvalue weighted by Crippen LogP contribution is 2.35. The van der Waals surface area contributed by atoms with Crippen LogP contribution in [0, 0.1) is 0 Å². The quantitative estimate of drug-likeness (QED) is 0.443. The maximum Gasteiger partial charge on any atom is 0.418 e. The van der Waals surface area contributed by atoms with Crippen molar-refractivity contribution in [3.05, 3.63) is 81.9 Å². The SMILES string of the molecule is O=C(Nc1ccccc1C(F)(F)F)N1CCC(c2nc3c(nnn3Cc3ccccc3)c(=O)[nH]2)CC1. The van der Waals surface area contributed by atoms with E-state index in [1.165, 1.54) is 23.1 Å². The average Bonchev–Trinajstić information content (AvgIpc) is 3.27. The molecule has 1 aliphatic rings. The summed E-state index contributed by atoms with van der Waals surface area (Å²) in [4.78, 5) is 34.1. The summed E-state index contributed by atoms with van der Waals surface area (Å²) in [6.45, 7) is 1.01. The number of carbonyl (C=O) groups excluding carboxylic acids is 1. The Kier molecular flexibility index (Phi) is 6.17. The first kappa shape index (κ1) is 23.5. The van der Waals surface area contributed by atoms with Crippen molar-refractivity contribution in [2.24, 2.45) is 0 Å². The number of nitrogens with one attached hydrogen (secondary N) is 2. The standard InChI is InChI=1S/C24H22F3N7O2/c25-24(26,27)17-8-4-5-9-18(17)28-23(36)33-12-10-16(11-13-33)20-29-21-19(22(35)30-20)31-32-34(21)14-15-6-2-1-3-7-15/h1-9,16H,10-14H2,(H,28,36)(H,29,30,35). The van der Waals surface area contributed by atoms with Crippen LogP contribution in [0.25, 0.3) is 11.2 Å². The minimum absolute atomic E-state index is 0.131. The van der Waals surface area contributed by atoms with E-state index >= 15 is 0 Å². The molecule has 36 heavy (non-hydrogen) atoms. The van der Waals surface area contributed by atoms with Gasteiger partial charge in [0.05, 0.1) is 17.8 Å². The van der Waals surface area contributed by atoms with E-state index in [2.05, 4.69) is 25.6 Å². The van der Waals surface area contributed by atoms with Gasteiger partial charge in [-0.3, -0.25) is 4.79 Å². The summed E-state index contributed by atoms with van der Waals surface area (Å²) in [7, 11) is 0. The van der Waals surface area contributed by atoms with Crippen LogP contribution in [0.3, 0.4) is 0 Å². The summed E-state index contributed by atoms with van der Waals surface area (Å²) < 4.78 is 41.3. The van der Waals surface area contributed by atoms with Crippen LogP contribution in [0.2, 0.25) is 0 Å². The van der Waals surface area contributed by atoms with Crippen molar-refractivity contribution in [2.75, 3.05) is 18.4 Å². The summed E-state index contributed by atoms with van der Waals surface area (Å²) in [6.07, 6.45) is -3.60. The number of nitrogens with zero attached hydrogens (tertiary/aromatic N) is 5. The maximum atomic E-state index is 13.2. The fraction of sp³-hybridized carbons (Fsp3) is 0.292. The third-order valence-electron chi connectivity index (χ3n) is 6.21. The van der Waals surface area contributed by atoms with Crippen molar-refractivity contribution < 1.29 is 18.0 Å². The predicted octanol–water partition coefficient (Wildman–Crippen LogP) is 3.99. The van der Waals surface area contributed by atoms with Crippen LogP contribution in [-0.4, -0.2) is 49.0 Å². The number of carbonyl (C=O) groups is 1. The predicted molar refractivity (Wildman–Crippen MR) is 125 cm³/mol. The minimum atomic E-state index is -4.57. The molecule has 2 aromatic heterocycles. The van der Waals surface area contributed by atoms with Crippen LogP contribution >= 0.6 is 0 Å². The molecular formula is C24H22F3N7O2. The first-order valence-electron chi connectivity index (χ1n) is 11.4. The lowest BCUT2D eigenvalue weighted by atomic mass is 9.96. The molecule has 0 unspecified atom stereocenters. The van der Waals surface area contributed by atoms with Crippen LogP contribution in [0.15, 0.2) is 59.4 Å². The molecule has 1 fully saturated rings. The zero-order valence-corrected chi connectivity index (χ0v) is 19.0. The Labute approximate surface area is 203 Å². The van der Waals surface area contributed by atoms with Crippen LogP contribution in [0.5, 0.6) is 0 Å². The van der Waals surface area contributed by atoms with Crippen molar-refractivity contribution >= 4 is 22.9 Å². The lowest BCUT2D eigenvalue weighted by Gasteiger charge is -2.31. The van der Waals surface area contributed by atoms with Gasteiger partial charge >= 0.3 is 12.2 Å². The maximum absolute atomic E-state index is 13.2. The highest BCUT2D eigenvalue weighted by molar-refractivity contribution is 5.90. The van der Waals surface area contributed by atoms with Gasteiger partial charge in [-0.2, -0.15) is 13.2 Å². The number of halogens is 3. The molecule has 2 N–H and O–H groups in total. The highest BCUT2D eigenvalue weighted by atomic mass is 19.4. The summed E-state index contributed by atoms with van der Waals surface area (Å²) in [5, 5.41) is 10.4. The average molecular weight is 497 g/mol. The van der Waals surface area contributed by atoms with Gasteiger partial charge in [-0.05, 0) is 30.5 Å². The number of hydrogen-bond acceptors (Lipinski definition) is 5. The number of aromatic amines is 1. The van der Waals surface area contributed by atoms with Gasteiger partial charge in [-0.1, -0.05) is 47.7 Å². The molecule has 0 radical (unpaired) electrons. The Hall–Kier alpha value is -4.22. The third-order valence-corrected chi connectivity index (χ3v) is 6.21. The summed E-state index contributed by atoms with van der Waals surface area (Å²) in [5.41, 5.74) is -0.0641. The normalized spacial score (nSPS) is 14.8. The molecule has 1 saturated heterocycles. The fourth-order valence-electron chi connectivity index (χ4n) is 4.33. The number of hydrogen-bond donors (Lipinski definition) is 2. The number of fused-ring (bicyclic) bond motifs is 1. The van der Waals surface area contributed by atoms with Gasteiger partial charge in [-0.25, -0.2) is 14.5 Å². The number of alkyl halides is 3. The van der Waals surface area contributed by atoms with Gasteiger partial charge < -0.3 is 15.2 Å².